The summed E-state index contributed by atoms with van der Waals surface area (Å²) in [4.78, 5) is 4.00. The Morgan fingerprint density at radius 2 is 1.80 bits per heavy atom. The van der Waals surface area contributed by atoms with Gasteiger partial charge in [0.2, 0.25) is 0 Å². The number of rotatable bonds is 0. The average molecular weight is 139 g/mol. The van der Waals surface area contributed by atoms with E-state index in [9.17, 15) is 4.39 Å². The minimum absolute atomic E-state index is 0.219. The predicted octanol–water partition coefficient (Wildman–Crippen LogP) is 2.15. The van der Waals surface area contributed by atoms with E-state index < -0.39 is 0 Å². The Morgan fingerprint density at radius 3 is 2.30 bits per heavy atom. The van der Waals surface area contributed by atoms with Gasteiger partial charge in [0.25, 0.3) is 0 Å². The molecule has 1 nitrogen and oxygen atoms in total. The van der Waals surface area contributed by atoms with Gasteiger partial charge in [-0.1, -0.05) is 0 Å². The van der Waals surface area contributed by atoms with Crippen LogP contribution in [0.25, 0.3) is 0 Å². The Balaban J connectivity index is 3.28. The van der Waals surface area contributed by atoms with E-state index in [4.69, 9.17) is 0 Å². The molecule has 0 atom stereocenters. The van der Waals surface area contributed by atoms with Crippen molar-refractivity contribution >= 4 is 0 Å². The van der Waals surface area contributed by atoms with Gasteiger partial charge < -0.3 is 0 Å². The van der Waals surface area contributed by atoms with Crippen molar-refractivity contribution in [3.05, 3.63) is 28.8 Å². The van der Waals surface area contributed by atoms with Gasteiger partial charge in [0.05, 0.1) is 5.69 Å². The number of hydrogen-bond donors (Lipinski definition) is 0. The molecule has 0 unspecified atom stereocenters. The van der Waals surface area contributed by atoms with Crippen molar-refractivity contribution in [2.24, 2.45) is 0 Å². The molecule has 0 aliphatic carbocycles. The third-order valence-electron chi connectivity index (χ3n) is 1.59. The lowest BCUT2D eigenvalue weighted by Crippen LogP contribution is -1.93. The van der Waals surface area contributed by atoms with Crippen molar-refractivity contribution in [2.75, 3.05) is 0 Å². The second-order valence-corrected chi connectivity index (χ2v) is 2.46. The first-order valence-corrected chi connectivity index (χ1v) is 3.21. The predicted molar refractivity (Wildman–Crippen MR) is 38.4 cm³/mol. The van der Waals surface area contributed by atoms with Gasteiger partial charge in [0.1, 0.15) is 5.82 Å². The quantitative estimate of drug-likeness (QED) is 0.536. The van der Waals surface area contributed by atoms with E-state index in [1.54, 1.807) is 6.92 Å². The molecule has 54 valence electrons. The van der Waals surface area contributed by atoms with Crippen LogP contribution in [0, 0.1) is 26.6 Å². The monoisotopic (exact) mass is 139 g/mol. The number of aryl methyl sites for hydroxylation is 3. The molecule has 10 heavy (non-hydrogen) atoms. The molecule has 1 aromatic rings. The molecule has 0 aromatic carbocycles. The van der Waals surface area contributed by atoms with Gasteiger partial charge in [-0.3, -0.25) is 4.98 Å². The molecule has 2 heteroatoms. The summed E-state index contributed by atoms with van der Waals surface area (Å²) in [5.41, 5.74) is 2.28. The fraction of sp³-hybridized carbons (Fsp3) is 0.375. The lowest BCUT2D eigenvalue weighted by molar-refractivity contribution is 0.606. The lowest BCUT2D eigenvalue weighted by Gasteiger charge is -2.00. The number of aromatic nitrogens is 1. The first-order valence-electron chi connectivity index (χ1n) is 3.21. The van der Waals surface area contributed by atoms with Crippen molar-refractivity contribution in [1.29, 1.82) is 0 Å². The summed E-state index contributed by atoms with van der Waals surface area (Å²) >= 11 is 0. The van der Waals surface area contributed by atoms with Crippen LogP contribution in [0.1, 0.15) is 17.0 Å². The molecule has 0 fully saturated rings. The van der Waals surface area contributed by atoms with Crippen LogP contribution in [0.2, 0.25) is 0 Å². The van der Waals surface area contributed by atoms with Crippen LogP contribution in [-0.4, -0.2) is 4.98 Å². The highest BCUT2D eigenvalue weighted by Crippen LogP contribution is 2.08. The standard InChI is InChI=1S/C8H10FN/c1-5-4-8(9)7(3)10-6(5)2/h4H,1-3H3. The summed E-state index contributed by atoms with van der Waals surface area (Å²) in [6, 6.07) is 1.51. The highest BCUT2D eigenvalue weighted by molar-refractivity contribution is 5.20. The van der Waals surface area contributed by atoms with Crippen molar-refractivity contribution in [1.82, 2.24) is 4.98 Å². The zero-order valence-electron chi connectivity index (χ0n) is 6.40. The fourth-order valence-corrected chi connectivity index (χ4v) is 0.792. The molecule has 0 spiro atoms. The topological polar surface area (TPSA) is 12.9 Å². The van der Waals surface area contributed by atoms with Gasteiger partial charge in [-0.05, 0) is 32.4 Å². The molecule has 1 heterocycles. The largest absolute Gasteiger partial charge is 0.255 e. The maximum atomic E-state index is 12.7. The van der Waals surface area contributed by atoms with Crippen LogP contribution in [0.4, 0.5) is 4.39 Å². The van der Waals surface area contributed by atoms with E-state index in [1.165, 1.54) is 6.07 Å². The SMILES string of the molecule is Cc1cc(F)c(C)nc1C. The molecule has 0 saturated carbocycles. The molecule has 1 rings (SSSR count). The minimum Gasteiger partial charge on any atom is -0.255 e. The third kappa shape index (κ3) is 1.15. The summed E-state index contributed by atoms with van der Waals surface area (Å²) in [5, 5.41) is 0. The number of nitrogens with zero attached hydrogens (tertiary/aromatic N) is 1. The molecule has 0 aliphatic rings. The molecular formula is C8H10FN. The maximum absolute atomic E-state index is 12.7. The van der Waals surface area contributed by atoms with Crippen LogP contribution in [-0.2, 0) is 0 Å². The molecule has 0 amide bonds. The summed E-state index contributed by atoms with van der Waals surface area (Å²) in [6.07, 6.45) is 0. The molecule has 0 saturated heterocycles. The van der Waals surface area contributed by atoms with E-state index in [0.717, 1.165) is 11.3 Å². The lowest BCUT2D eigenvalue weighted by atomic mass is 10.2. The van der Waals surface area contributed by atoms with Gasteiger partial charge in [0, 0.05) is 5.69 Å². The van der Waals surface area contributed by atoms with Crippen molar-refractivity contribution in [3.63, 3.8) is 0 Å². The Kier molecular flexibility index (Phi) is 1.70. The van der Waals surface area contributed by atoms with Crippen LogP contribution < -0.4 is 0 Å². The summed E-state index contributed by atoms with van der Waals surface area (Å²) < 4.78 is 12.7. The first-order chi connectivity index (χ1) is 4.61. The minimum atomic E-state index is -0.219. The third-order valence-corrected chi connectivity index (χ3v) is 1.59. The van der Waals surface area contributed by atoms with Gasteiger partial charge >= 0.3 is 0 Å². The summed E-state index contributed by atoms with van der Waals surface area (Å²) in [5.74, 6) is -0.219. The van der Waals surface area contributed by atoms with Crippen LogP contribution >= 0.6 is 0 Å². The Labute approximate surface area is 59.9 Å². The van der Waals surface area contributed by atoms with Gasteiger partial charge in [-0.2, -0.15) is 0 Å². The van der Waals surface area contributed by atoms with Gasteiger partial charge in [0.15, 0.2) is 0 Å². The van der Waals surface area contributed by atoms with E-state index in [1.807, 2.05) is 13.8 Å². The molecule has 0 aliphatic heterocycles. The Bertz CT molecular complexity index is 205. The number of pyridine rings is 1. The average Bonchev–Trinajstić information content (AvgIpc) is 1.84. The number of hydrogen-bond acceptors (Lipinski definition) is 1. The Hall–Kier alpha value is -0.920. The van der Waals surface area contributed by atoms with Crippen LogP contribution in [0.15, 0.2) is 6.07 Å². The summed E-state index contributed by atoms with van der Waals surface area (Å²) in [7, 11) is 0. The Morgan fingerprint density at radius 1 is 1.20 bits per heavy atom. The summed E-state index contributed by atoms with van der Waals surface area (Å²) in [6.45, 7) is 5.40. The van der Waals surface area contributed by atoms with Crippen molar-refractivity contribution < 1.29 is 4.39 Å². The van der Waals surface area contributed by atoms with E-state index in [0.29, 0.717) is 5.69 Å². The molecule has 1 aromatic heterocycles. The smallest absolute Gasteiger partial charge is 0.144 e. The highest BCUT2D eigenvalue weighted by atomic mass is 19.1. The molecule has 0 N–H and O–H groups in total. The van der Waals surface area contributed by atoms with E-state index in [-0.39, 0.29) is 5.82 Å². The van der Waals surface area contributed by atoms with Crippen molar-refractivity contribution in [2.45, 2.75) is 20.8 Å². The second kappa shape index (κ2) is 2.37. The maximum Gasteiger partial charge on any atom is 0.144 e. The van der Waals surface area contributed by atoms with Crippen LogP contribution in [0.3, 0.4) is 0 Å². The van der Waals surface area contributed by atoms with Gasteiger partial charge in [-0.25, -0.2) is 4.39 Å². The van der Waals surface area contributed by atoms with E-state index >= 15 is 0 Å². The second-order valence-electron chi connectivity index (χ2n) is 2.46. The zero-order chi connectivity index (χ0) is 7.72. The zero-order valence-corrected chi connectivity index (χ0v) is 6.40. The number of halogens is 1. The molecular weight excluding hydrogens is 129 g/mol. The van der Waals surface area contributed by atoms with Crippen molar-refractivity contribution in [3.8, 4) is 0 Å². The van der Waals surface area contributed by atoms with Crippen LogP contribution in [0.5, 0.6) is 0 Å². The van der Waals surface area contributed by atoms with E-state index in [2.05, 4.69) is 4.98 Å². The fourth-order valence-electron chi connectivity index (χ4n) is 0.792. The molecule has 0 bridgehead atoms. The van der Waals surface area contributed by atoms with Gasteiger partial charge in [-0.15, -0.1) is 0 Å². The normalized spacial score (nSPS) is 10.0. The highest BCUT2D eigenvalue weighted by Gasteiger charge is 2.00. The molecule has 0 radical (unpaired) electrons. The first kappa shape index (κ1) is 7.19.